The van der Waals surface area contributed by atoms with Crippen LogP contribution in [0.2, 0.25) is 0 Å². The third-order valence-corrected chi connectivity index (χ3v) is 1.59. The Morgan fingerprint density at radius 2 is 1.67 bits per heavy atom. The summed E-state index contributed by atoms with van der Waals surface area (Å²) < 4.78 is 1.36. The fourth-order valence-corrected chi connectivity index (χ4v) is 0.824. The third kappa shape index (κ3) is 7.56. The maximum atomic E-state index is 8.89. The monoisotopic (exact) mass is 174 g/mol. The molecular formula is C9H10MgO2. The van der Waals surface area contributed by atoms with Gasteiger partial charge < -0.3 is 9.90 Å². The topological polar surface area (TPSA) is 40.1 Å². The van der Waals surface area contributed by atoms with Gasteiger partial charge in [-0.3, -0.25) is 0 Å². The van der Waals surface area contributed by atoms with Gasteiger partial charge in [-0.25, -0.2) is 0 Å². The zero-order chi connectivity index (χ0) is 9.56. The van der Waals surface area contributed by atoms with Crippen LogP contribution in [0, 0.1) is 6.92 Å². The van der Waals surface area contributed by atoms with Crippen LogP contribution < -0.4 is 8.80 Å². The van der Waals surface area contributed by atoms with Gasteiger partial charge in [0.15, 0.2) is 0 Å². The van der Waals surface area contributed by atoms with Gasteiger partial charge >= 0.3 is 62.2 Å². The first-order valence-corrected chi connectivity index (χ1v) is 4.29. The van der Waals surface area contributed by atoms with E-state index in [1.54, 1.807) is 0 Å². The number of carbonyl (C=O) groups is 1. The summed E-state index contributed by atoms with van der Waals surface area (Å²) in [5.74, 6) is -1.08. The van der Waals surface area contributed by atoms with Crippen molar-refractivity contribution in [2.75, 3.05) is 0 Å². The van der Waals surface area contributed by atoms with Crippen molar-refractivity contribution in [2.24, 2.45) is 0 Å². The molecule has 12 heavy (non-hydrogen) atoms. The van der Waals surface area contributed by atoms with Crippen LogP contribution in [0.4, 0.5) is 0 Å². The molecule has 60 valence electrons. The van der Waals surface area contributed by atoms with Gasteiger partial charge in [-0.15, -0.1) is 0 Å². The van der Waals surface area contributed by atoms with E-state index in [1.807, 2.05) is 21.7 Å². The summed E-state index contributed by atoms with van der Waals surface area (Å²) in [5, 5.41) is 8.89. The van der Waals surface area contributed by atoms with Crippen LogP contribution in [-0.2, 0) is 4.79 Å². The van der Waals surface area contributed by atoms with Gasteiger partial charge in [-0.2, -0.15) is 0 Å². The van der Waals surface area contributed by atoms with Crippen LogP contribution in [0.5, 0.6) is 0 Å². The maximum absolute atomic E-state index is 8.89. The second-order valence-corrected chi connectivity index (χ2v) is 3.29. The van der Waals surface area contributed by atoms with Gasteiger partial charge in [0.2, 0.25) is 0 Å². The molecule has 0 aliphatic heterocycles. The zero-order valence-corrected chi connectivity index (χ0v) is 8.75. The van der Waals surface area contributed by atoms with E-state index in [-0.39, 0.29) is 0 Å². The fraction of sp³-hybridized carbons (Fsp3) is 0.222. The van der Waals surface area contributed by atoms with E-state index in [9.17, 15) is 0 Å². The summed E-state index contributed by atoms with van der Waals surface area (Å²) in [6.07, 6.45) is 0. The van der Waals surface area contributed by atoms with Crippen LogP contribution >= 0.6 is 0 Å². The standard InChI is InChI=1S/C7H7.C2H4O2.Mg/c1-7-5-3-2-4-6-7;1-2(3)4;/h3-6H,1H3;1H3,(H,3,4);/q;;+1/p-1. The molecule has 0 radical (unpaired) electrons. The van der Waals surface area contributed by atoms with Gasteiger partial charge in [0.25, 0.3) is 0 Å². The molecule has 0 fully saturated rings. The second kappa shape index (κ2) is 6.03. The molecule has 2 nitrogen and oxygen atoms in total. The van der Waals surface area contributed by atoms with Crippen molar-refractivity contribution in [1.29, 1.82) is 0 Å². The molecule has 0 aromatic heterocycles. The zero-order valence-electron chi connectivity index (χ0n) is 7.33. The molecule has 1 aromatic rings. The number of rotatable bonds is 0. The molecule has 0 saturated carbocycles. The second-order valence-electron chi connectivity index (χ2n) is 2.48. The van der Waals surface area contributed by atoms with Gasteiger partial charge in [-0.05, 0) is 6.92 Å². The van der Waals surface area contributed by atoms with Crippen molar-refractivity contribution in [3.05, 3.63) is 29.8 Å². The van der Waals surface area contributed by atoms with Crippen molar-refractivity contribution in [3.8, 4) is 0 Å². The summed E-state index contributed by atoms with van der Waals surface area (Å²) >= 11 is 1.91. The summed E-state index contributed by atoms with van der Waals surface area (Å²) in [7, 11) is 0. The van der Waals surface area contributed by atoms with Crippen LogP contribution in [0.3, 0.4) is 0 Å². The SMILES string of the molecule is CC(=O)[O-].Cc1cc[c]([Mg+])cc1. The van der Waals surface area contributed by atoms with E-state index in [0.29, 0.717) is 0 Å². The van der Waals surface area contributed by atoms with E-state index in [4.69, 9.17) is 9.90 Å². The Kier molecular flexibility index (Phi) is 5.75. The minimum absolute atomic E-state index is 0.972. The van der Waals surface area contributed by atoms with E-state index in [0.717, 1.165) is 6.92 Å². The average molecular weight is 174 g/mol. The molecule has 0 unspecified atom stereocenters. The molecule has 1 aromatic carbocycles. The van der Waals surface area contributed by atoms with Crippen molar-refractivity contribution < 1.29 is 9.90 Å². The molecule has 0 aliphatic rings. The molecule has 0 aliphatic carbocycles. The molecule has 0 bridgehead atoms. The molecule has 1 rings (SSSR count). The van der Waals surface area contributed by atoms with E-state index in [2.05, 4.69) is 31.2 Å². The van der Waals surface area contributed by atoms with E-state index in [1.165, 1.54) is 9.26 Å². The van der Waals surface area contributed by atoms with Crippen LogP contribution in [-0.4, -0.2) is 27.7 Å². The Hall–Kier alpha value is -0.544. The van der Waals surface area contributed by atoms with Crippen molar-refractivity contribution in [3.63, 3.8) is 0 Å². The summed E-state index contributed by atoms with van der Waals surface area (Å²) in [4.78, 5) is 8.89. The number of carboxylic acid groups (broad SMARTS) is 1. The Balaban J connectivity index is 0.000000261. The fourth-order valence-electron chi connectivity index (χ4n) is 0.588. The van der Waals surface area contributed by atoms with Crippen molar-refractivity contribution >= 4 is 31.4 Å². The number of aryl methyl sites for hydroxylation is 1. The number of hydrogen-bond acceptors (Lipinski definition) is 2. The van der Waals surface area contributed by atoms with Gasteiger partial charge in [0.05, 0.1) is 0 Å². The first-order chi connectivity index (χ1) is 5.52. The Bertz CT molecular complexity index is 216. The van der Waals surface area contributed by atoms with E-state index >= 15 is 0 Å². The van der Waals surface area contributed by atoms with Crippen LogP contribution in [0.1, 0.15) is 12.5 Å². The summed E-state index contributed by atoms with van der Waals surface area (Å²) in [6, 6.07) is 8.52. The number of hydrogen-bond donors (Lipinski definition) is 0. The molecule has 0 amide bonds. The molecule has 0 saturated heterocycles. The Labute approximate surface area is 85.0 Å². The molecule has 0 N–H and O–H groups in total. The van der Waals surface area contributed by atoms with Gasteiger partial charge in [0.1, 0.15) is 0 Å². The van der Waals surface area contributed by atoms with Crippen LogP contribution in [0.15, 0.2) is 24.3 Å². The van der Waals surface area contributed by atoms with Crippen molar-refractivity contribution in [1.82, 2.24) is 0 Å². The normalized spacial score (nSPS) is 8.33. The predicted molar refractivity (Wildman–Crippen MR) is 47.2 cm³/mol. The number of carbonyl (C=O) groups excluding carboxylic acids is 1. The molecule has 0 spiro atoms. The number of aliphatic carboxylic acids is 1. The summed E-state index contributed by atoms with van der Waals surface area (Å²) in [5.41, 5.74) is 1.33. The molecule has 3 heteroatoms. The average Bonchev–Trinajstić information content (AvgIpc) is 1.94. The van der Waals surface area contributed by atoms with E-state index < -0.39 is 5.97 Å². The minimum atomic E-state index is -1.08. The third-order valence-electron chi connectivity index (χ3n) is 1.12. The van der Waals surface area contributed by atoms with Crippen molar-refractivity contribution in [2.45, 2.75) is 13.8 Å². The van der Waals surface area contributed by atoms with Crippen LogP contribution in [0.25, 0.3) is 0 Å². The number of carboxylic acids is 1. The molecular weight excluding hydrogens is 164 g/mol. The van der Waals surface area contributed by atoms with Gasteiger partial charge in [-0.1, -0.05) is 0 Å². The summed E-state index contributed by atoms with van der Waals surface area (Å²) in [6.45, 7) is 3.07. The molecule has 0 atom stereocenters. The Morgan fingerprint density at radius 1 is 1.33 bits per heavy atom. The Morgan fingerprint density at radius 3 is 1.92 bits per heavy atom. The quantitative estimate of drug-likeness (QED) is 0.500. The molecule has 0 heterocycles. The first kappa shape index (κ1) is 11.5. The number of benzene rings is 1. The predicted octanol–water partition coefficient (Wildman–Crippen LogP) is -0.455. The van der Waals surface area contributed by atoms with Gasteiger partial charge in [0, 0.05) is 5.97 Å². The first-order valence-electron chi connectivity index (χ1n) is 3.58.